The predicted octanol–water partition coefficient (Wildman–Crippen LogP) is 3.34. The van der Waals surface area contributed by atoms with E-state index in [-0.39, 0.29) is 5.91 Å². The van der Waals surface area contributed by atoms with Crippen molar-refractivity contribution in [3.05, 3.63) is 76.7 Å². The van der Waals surface area contributed by atoms with Crippen molar-refractivity contribution in [2.45, 2.75) is 32.7 Å². The third-order valence-electron chi connectivity index (χ3n) is 6.35. The Morgan fingerprint density at radius 1 is 1.06 bits per heavy atom. The fraction of sp³-hybridized carbons (Fsp3) is 0.360. The second kappa shape index (κ2) is 8.29. The van der Waals surface area contributed by atoms with E-state index in [4.69, 9.17) is 9.72 Å². The van der Waals surface area contributed by atoms with Gasteiger partial charge in [0.15, 0.2) is 0 Å². The van der Waals surface area contributed by atoms with E-state index in [2.05, 4.69) is 34.7 Å². The molecule has 2 aliphatic heterocycles. The zero-order valence-corrected chi connectivity index (χ0v) is 18.2. The van der Waals surface area contributed by atoms with Crippen LogP contribution in [0.25, 0.3) is 11.3 Å². The number of rotatable bonds is 4. The Morgan fingerprint density at radius 2 is 1.90 bits per heavy atom. The molecule has 2 aliphatic rings. The van der Waals surface area contributed by atoms with Gasteiger partial charge < -0.3 is 14.2 Å². The number of ether oxygens (including phenoxy) is 1. The molecule has 2 aromatic carbocycles. The zero-order valence-electron chi connectivity index (χ0n) is 18.2. The molecule has 0 spiro atoms. The van der Waals surface area contributed by atoms with Gasteiger partial charge in [0, 0.05) is 57.4 Å². The normalized spacial score (nSPS) is 16.1. The first-order valence-corrected chi connectivity index (χ1v) is 10.9. The van der Waals surface area contributed by atoms with Gasteiger partial charge in [-0.1, -0.05) is 30.3 Å². The topological polar surface area (TPSA) is 50.6 Å². The second-order valence-electron chi connectivity index (χ2n) is 8.50. The highest BCUT2D eigenvalue weighted by Crippen LogP contribution is 2.33. The Balaban J connectivity index is 1.36. The molecule has 31 heavy (non-hydrogen) atoms. The lowest BCUT2D eigenvalue weighted by Gasteiger charge is -2.20. The first kappa shape index (κ1) is 20.0. The zero-order chi connectivity index (χ0) is 21.4. The third-order valence-corrected chi connectivity index (χ3v) is 6.35. The van der Waals surface area contributed by atoms with Crippen molar-refractivity contribution in [2.24, 2.45) is 0 Å². The van der Waals surface area contributed by atoms with Crippen molar-refractivity contribution in [3.63, 3.8) is 0 Å². The van der Waals surface area contributed by atoms with Gasteiger partial charge in [-0.25, -0.2) is 4.98 Å². The number of hydrogen-bond donors (Lipinski definition) is 0. The van der Waals surface area contributed by atoms with Gasteiger partial charge in [0.2, 0.25) is 0 Å². The average molecular weight is 417 g/mol. The van der Waals surface area contributed by atoms with Crippen LogP contribution in [0.4, 0.5) is 0 Å². The number of imidazole rings is 1. The van der Waals surface area contributed by atoms with Crippen LogP contribution in [0.1, 0.15) is 32.9 Å². The minimum absolute atomic E-state index is 0.0819. The van der Waals surface area contributed by atoms with E-state index in [0.717, 1.165) is 43.0 Å². The molecule has 0 saturated carbocycles. The summed E-state index contributed by atoms with van der Waals surface area (Å²) in [6, 6.07) is 14.3. The quantitative estimate of drug-likeness (QED) is 0.655. The Labute approximate surface area is 183 Å². The third kappa shape index (κ3) is 3.77. The number of fused-ring (bicyclic) bond motifs is 2. The second-order valence-corrected chi connectivity index (χ2v) is 8.50. The van der Waals surface area contributed by atoms with Gasteiger partial charge in [0.05, 0.1) is 18.5 Å². The lowest BCUT2D eigenvalue weighted by molar-refractivity contribution is 0.0759. The Bertz CT molecular complexity index is 1100. The maximum Gasteiger partial charge on any atom is 0.253 e. The highest BCUT2D eigenvalue weighted by atomic mass is 16.5. The molecule has 0 bridgehead atoms. The summed E-state index contributed by atoms with van der Waals surface area (Å²) in [6.07, 6.45) is 2.78. The van der Waals surface area contributed by atoms with Crippen LogP contribution < -0.4 is 0 Å². The molecule has 0 aliphatic carbocycles. The Hall–Kier alpha value is -2.96. The Morgan fingerprint density at radius 3 is 2.71 bits per heavy atom. The largest absolute Gasteiger partial charge is 0.380 e. The maximum atomic E-state index is 13.1. The minimum Gasteiger partial charge on any atom is -0.380 e. The number of benzene rings is 2. The molecule has 5 rings (SSSR count). The number of methoxy groups -OCH3 is 1. The summed E-state index contributed by atoms with van der Waals surface area (Å²) in [5.74, 6) is 1.14. The van der Waals surface area contributed by atoms with Crippen LogP contribution in [0.3, 0.4) is 0 Å². The summed E-state index contributed by atoms with van der Waals surface area (Å²) in [6.45, 7) is 4.65. The molecule has 0 saturated heterocycles. The van der Waals surface area contributed by atoms with Gasteiger partial charge in [-0.15, -0.1) is 0 Å². The van der Waals surface area contributed by atoms with Gasteiger partial charge in [0.1, 0.15) is 5.82 Å². The van der Waals surface area contributed by atoms with E-state index in [1.54, 1.807) is 7.11 Å². The lowest BCUT2D eigenvalue weighted by atomic mass is 10.0. The highest BCUT2D eigenvalue weighted by Gasteiger charge is 2.25. The van der Waals surface area contributed by atoms with Crippen LogP contribution in [0.15, 0.2) is 48.7 Å². The summed E-state index contributed by atoms with van der Waals surface area (Å²) < 4.78 is 7.47. The molecular weight excluding hydrogens is 388 g/mol. The Kier molecular flexibility index (Phi) is 5.34. The van der Waals surface area contributed by atoms with Crippen molar-refractivity contribution in [1.82, 2.24) is 19.4 Å². The van der Waals surface area contributed by atoms with E-state index in [1.807, 2.05) is 35.4 Å². The number of amides is 1. The van der Waals surface area contributed by atoms with Gasteiger partial charge in [-0.2, -0.15) is 0 Å². The van der Waals surface area contributed by atoms with Crippen molar-refractivity contribution < 1.29 is 9.53 Å². The van der Waals surface area contributed by atoms with Gasteiger partial charge >= 0.3 is 0 Å². The predicted molar refractivity (Wildman–Crippen MR) is 120 cm³/mol. The molecule has 1 amide bonds. The van der Waals surface area contributed by atoms with E-state index in [9.17, 15) is 4.79 Å². The highest BCUT2D eigenvalue weighted by molar-refractivity contribution is 5.94. The van der Waals surface area contributed by atoms with E-state index >= 15 is 0 Å². The van der Waals surface area contributed by atoms with Crippen molar-refractivity contribution >= 4 is 5.91 Å². The monoisotopic (exact) mass is 416 g/mol. The smallest absolute Gasteiger partial charge is 0.253 e. The van der Waals surface area contributed by atoms with Gasteiger partial charge in [0.25, 0.3) is 5.91 Å². The number of carbonyl (C=O) groups is 1. The van der Waals surface area contributed by atoms with E-state index < -0.39 is 0 Å². The van der Waals surface area contributed by atoms with Crippen LogP contribution in [0.2, 0.25) is 0 Å². The summed E-state index contributed by atoms with van der Waals surface area (Å²) in [5, 5.41) is 0. The summed E-state index contributed by atoms with van der Waals surface area (Å²) in [5.41, 5.74) is 7.04. The van der Waals surface area contributed by atoms with Crippen LogP contribution >= 0.6 is 0 Å². The number of aromatic nitrogens is 2. The summed E-state index contributed by atoms with van der Waals surface area (Å²) in [7, 11) is 3.84. The van der Waals surface area contributed by atoms with Crippen LogP contribution in [-0.4, -0.2) is 52.5 Å². The molecule has 6 heteroatoms. The lowest BCUT2D eigenvalue weighted by Crippen LogP contribution is -2.33. The molecule has 1 aromatic heterocycles. The van der Waals surface area contributed by atoms with E-state index in [1.165, 1.54) is 22.4 Å². The molecule has 0 radical (unpaired) electrons. The number of nitrogens with zero attached hydrogens (tertiary/aromatic N) is 4. The molecular formula is C25H28N4O2. The molecule has 160 valence electrons. The summed E-state index contributed by atoms with van der Waals surface area (Å²) >= 11 is 0. The SMILES string of the molecule is COCc1ccc(C(=O)N2CCc3ncc(-c4cccc5c4CN(C)C5)n3CC2)cc1. The van der Waals surface area contributed by atoms with Gasteiger partial charge in [-0.05, 0) is 35.9 Å². The number of hydrogen-bond acceptors (Lipinski definition) is 4. The fourth-order valence-electron chi connectivity index (χ4n) is 4.77. The van der Waals surface area contributed by atoms with Crippen LogP contribution in [-0.2, 0) is 37.4 Å². The first-order chi connectivity index (χ1) is 15.1. The molecule has 0 atom stereocenters. The van der Waals surface area contributed by atoms with Gasteiger partial charge in [-0.3, -0.25) is 9.69 Å². The molecule has 0 N–H and O–H groups in total. The van der Waals surface area contributed by atoms with Crippen molar-refractivity contribution in [1.29, 1.82) is 0 Å². The molecule has 6 nitrogen and oxygen atoms in total. The average Bonchev–Trinajstić information content (AvgIpc) is 3.29. The van der Waals surface area contributed by atoms with Crippen LogP contribution in [0.5, 0.6) is 0 Å². The molecule has 0 unspecified atom stereocenters. The minimum atomic E-state index is 0.0819. The van der Waals surface area contributed by atoms with Crippen molar-refractivity contribution in [2.75, 3.05) is 27.2 Å². The molecule has 3 aromatic rings. The molecule has 0 fully saturated rings. The van der Waals surface area contributed by atoms with Crippen molar-refractivity contribution in [3.8, 4) is 11.3 Å². The van der Waals surface area contributed by atoms with E-state index in [0.29, 0.717) is 19.7 Å². The fourth-order valence-corrected chi connectivity index (χ4v) is 4.77. The molecule has 3 heterocycles. The first-order valence-electron chi connectivity index (χ1n) is 10.9. The maximum absolute atomic E-state index is 13.1. The number of carbonyl (C=O) groups excluding carboxylic acids is 1. The van der Waals surface area contributed by atoms with Crippen LogP contribution in [0, 0.1) is 0 Å². The summed E-state index contributed by atoms with van der Waals surface area (Å²) in [4.78, 5) is 22.1. The standard InChI is InChI=1S/C25H28N4O2/c1-27-15-20-4-3-5-21(22(20)16-27)23-14-26-24-10-11-28(12-13-29(23)24)25(30)19-8-6-18(7-9-19)17-31-2/h3-9,14H,10-13,15-17H2,1-2H3.